The maximum Gasteiger partial charge on any atom is 0.0475 e. The topological polar surface area (TPSA) is 35.2 Å². The molecule has 0 amide bonds. The van der Waals surface area contributed by atoms with Crippen LogP contribution < -0.4 is 5.73 Å². The molecule has 108 valence electrons. The Labute approximate surface area is 121 Å². The van der Waals surface area contributed by atoms with Gasteiger partial charge in [-0.3, -0.25) is 0 Å². The largest absolute Gasteiger partial charge is 0.381 e. The highest BCUT2D eigenvalue weighted by molar-refractivity contribution is 5.38. The Morgan fingerprint density at radius 2 is 1.95 bits per heavy atom. The molecule has 1 aromatic rings. The van der Waals surface area contributed by atoms with Crippen molar-refractivity contribution in [2.75, 3.05) is 19.8 Å². The lowest BCUT2D eigenvalue weighted by Gasteiger charge is -2.37. The van der Waals surface area contributed by atoms with E-state index in [0.717, 1.165) is 38.5 Å². The fraction of sp³-hybridized carbons (Fsp3) is 0.667. The molecule has 20 heavy (non-hydrogen) atoms. The van der Waals surface area contributed by atoms with Crippen molar-refractivity contribution in [3.8, 4) is 0 Å². The van der Waals surface area contributed by atoms with E-state index in [-0.39, 0.29) is 5.41 Å². The first-order valence-corrected chi connectivity index (χ1v) is 8.16. The van der Waals surface area contributed by atoms with Crippen LogP contribution in [-0.4, -0.2) is 19.8 Å². The van der Waals surface area contributed by atoms with Gasteiger partial charge in [-0.25, -0.2) is 0 Å². The van der Waals surface area contributed by atoms with Crippen molar-refractivity contribution in [2.45, 2.75) is 49.9 Å². The number of benzene rings is 1. The van der Waals surface area contributed by atoms with Gasteiger partial charge >= 0.3 is 0 Å². The van der Waals surface area contributed by atoms with Crippen molar-refractivity contribution in [3.63, 3.8) is 0 Å². The molecular weight excluding hydrogens is 246 g/mol. The van der Waals surface area contributed by atoms with Gasteiger partial charge in [0.05, 0.1) is 0 Å². The fourth-order valence-electron chi connectivity index (χ4n) is 4.46. The van der Waals surface area contributed by atoms with Crippen LogP contribution in [0, 0.1) is 5.41 Å². The summed E-state index contributed by atoms with van der Waals surface area (Å²) in [5, 5.41) is 0. The summed E-state index contributed by atoms with van der Waals surface area (Å²) in [5.41, 5.74) is 10.1. The molecule has 3 aliphatic rings. The highest BCUT2D eigenvalue weighted by atomic mass is 16.5. The number of ether oxygens (including phenoxy) is 1. The van der Waals surface area contributed by atoms with Crippen molar-refractivity contribution in [1.82, 2.24) is 0 Å². The Kier molecular flexibility index (Phi) is 2.94. The molecule has 2 heteroatoms. The van der Waals surface area contributed by atoms with Crippen LogP contribution in [0.5, 0.6) is 0 Å². The van der Waals surface area contributed by atoms with E-state index in [2.05, 4.69) is 24.3 Å². The lowest BCUT2D eigenvalue weighted by Crippen LogP contribution is -2.40. The van der Waals surface area contributed by atoms with Gasteiger partial charge in [-0.2, -0.15) is 0 Å². The van der Waals surface area contributed by atoms with Crippen LogP contribution in [0.15, 0.2) is 24.3 Å². The van der Waals surface area contributed by atoms with Gasteiger partial charge in [-0.1, -0.05) is 30.7 Å². The molecule has 1 atom stereocenters. The van der Waals surface area contributed by atoms with E-state index in [1.807, 2.05) is 0 Å². The van der Waals surface area contributed by atoms with Crippen LogP contribution in [0.4, 0.5) is 0 Å². The molecule has 1 aliphatic heterocycles. The molecule has 2 saturated carbocycles. The van der Waals surface area contributed by atoms with E-state index < -0.39 is 0 Å². The minimum Gasteiger partial charge on any atom is -0.381 e. The predicted molar refractivity (Wildman–Crippen MR) is 80.9 cm³/mol. The standard InChI is InChI=1S/C18H25NO/c19-13-18(7-9-20-10-8-18)15-4-1-3-14(11-15)16-12-17(16)5-2-6-17/h1,3-4,11,16H,2,5-10,12-13,19H2. The maximum atomic E-state index is 6.15. The third kappa shape index (κ3) is 1.85. The van der Waals surface area contributed by atoms with Gasteiger partial charge in [0.15, 0.2) is 0 Å². The molecule has 2 nitrogen and oxygen atoms in total. The first-order valence-electron chi connectivity index (χ1n) is 8.16. The third-order valence-corrected chi connectivity index (χ3v) is 6.28. The summed E-state index contributed by atoms with van der Waals surface area (Å²) in [6.07, 6.45) is 7.93. The van der Waals surface area contributed by atoms with Crippen molar-refractivity contribution in [3.05, 3.63) is 35.4 Å². The van der Waals surface area contributed by atoms with E-state index in [1.165, 1.54) is 31.2 Å². The van der Waals surface area contributed by atoms with Gasteiger partial charge in [-0.15, -0.1) is 0 Å². The highest BCUT2D eigenvalue weighted by Crippen LogP contribution is 2.70. The second-order valence-corrected chi connectivity index (χ2v) is 7.19. The van der Waals surface area contributed by atoms with E-state index in [0.29, 0.717) is 5.41 Å². The zero-order valence-electron chi connectivity index (χ0n) is 12.2. The molecule has 3 fully saturated rings. The first-order chi connectivity index (χ1) is 9.78. The van der Waals surface area contributed by atoms with Gasteiger partial charge < -0.3 is 10.5 Å². The number of hydrogen-bond donors (Lipinski definition) is 1. The number of nitrogens with two attached hydrogens (primary N) is 1. The lowest BCUT2D eigenvalue weighted by molar-refractivity contribution is 0.0529. The summed E-state index contributed by atoms with van der Waals surface area (Å²) in [6.45, 7) is 2.46. The molecule has 1 aromatic carbocycles. The Balaban J connectivity index is 1.62. The van der Waals surface area contributed by atoms with Crippen LogP contribution in [0.3, 0.4) is 0 Å². The van der Waals surface area contributed by atoms with Gasteiger partial charge in [0.25, 0.3) is 0 Å². The van der Waals surface area contributed by atoms with Crippen LogP contribution in [-0.2, 0) is 10.2 Å². The van der Waals surface area contributed by atoms with E-state index in [4.69, 9.17) is 10.5 Å². The van der Waals surface area contributed by atoms with Crippen LogP contribution in [0.2, 0.25) is 0 Å². The highest BCUT2D eigenvalue weighted by Gasteiger charge is 2.57. The molecule has 0 aromatic heterocycles. The predicted octanol–water partition coefficient (Wildman–Crippen LogP) is 3.35. The van der Waals surface area contributed by atoms with E-state index in [9.17, 15) is 0 Å². The van der Waals surface area contributed by atoms with Crippen LogP contribution >= 0.6 is 0 Å². The van der Waals surface area contributed by atoms with Crippen molar-refractivity contribution in [1.29, 1.82) is 0 Å². The molecule has 2 aliphatic carbocycles. The second kappa shape index (κ2) is 4.57. The average Bonchev–Trinajstić information content (AvgIpc) is 3.24. The summed E-state index contributed by atoms with van der Waals surface area (Å²) in [4.78, 5) is 0. The summed E-state index contributed by atoms with van der Waals surface area (Å²) in [7, 11) is 0. The molecular formula is C18H25NO. The number of rotatable bonds is 3. The Bertz CT molecular complexity index is 500. The quantitative estimate of drug-likeness (QED) is 0.915. The lowest BCUT2D eigenvalue weighted by atomic mass is 9.73. The molecule has 4 rings (SSSR count). The van der Waals surface area contributed by atoms with Crippen molar-refractivity contribution >= 4 is 0 Å². The Morgan fingerprint density at radius 1 is 1.15 bits per heavy atom. The minimum atomic E-state index is 0.163. The molecule has 1 saturated heterocycles. The second-order valence-electron chi connectivity index (χ2n) is 7.19. The number of hydrogen-bond acceptors (Lipinski definition) is 2. The summed E-state index contributed by atoms with van der Waals surface area (Å²) >= 11 is 0. The van der Waals surface area contributed by atoms with E-state index >= 15 is 0 Å². The van der Waals surface area contributed by atoms with Crippen LogP contribution in [0.25, 0.3) is 0 Å². The summed E-state index contributed by atoms with van der Waals surface area (Å²) in [6, 6.07) is 9.35. The Hall–Kier alpha value is -0.860. The molecule has 0 bridgehead atoms. The van der Waals surface area contributed by atoms with Crippen molar-refractivity contribution < 1.29 is 4.74 Å². The molecule has 1 spiro atoms. The van der Waals surface area contributed by atoms with Gasteiger partial charge in [0.2, 0.25) is 0 Å². The van der Waals surface area contributed by atoms with E-state index in [1.54, 1.807) is 5.56 Å². The maximum absolute atomic E-state index is 6.15. The minimum absolute atomic E-state index is 0.163. The first kappa shape index (κ1) is 12.8. The Morgan fingerprint density at radius 3 is 2.55 bits per heavy atom. The summed E-state index contributed by atoms with van der Waals surface area (Å²) < 4.78 is 5.54. The van der Waals surface area contributed by atoms with Gasteiger partial charge in [-0.05, 0) is 54.6 Å². The zero-order valence-corrected chi connectivity index (χ0v) is 12.2. The normalized spacial score (nSPS) is 29.9. The molecule has 1 heterocycles. The summed E-state index contributed by atoms with van der Waals surface area (Å²) in [5.74, 6) is 0.839. The molecule has 0 radical (unpaired) electrons. The van der Waals surface area contributed by atoms with Crippen LogP contribution in [0.1, 0.15) is 55.6 Å². The van der Waals surface area contributed by atoms with Gasteiger partial charge in [0, 0.05) is 25.2 Å². The third-order valence-electron chi connectivity index (χ3n) is 6.28. The molecule has 2 N–H and O–H groups in total. The smallest absolute Gasteiger partial charge is 0.0475 e. The average molecular weight is 271 g/mol. The zero-order chi connectivity index (χ0) is 13.6. The monoisotopic (exact) mass is 271 g/mol. The van der Waals surface area contributed by atoms with Crippen molar-refractivity contribution in [2.24, 2.45) is 11.1 Å². The molecule has 1 unspecified atom stereocenters. The fourth-order valence-corrected chi connectivity index (χ4v) is 4.46. The SMILES string of the molecule is NCC1(c2cccc(C3CC34CCC4)c2)CCOCC1. The van der Waals surface area contributed by atoms with Gasteiger partial charge in [0.1, 0.15) is 0 Å².